The summed E-state index contributed by atoms with van der Waals surface area (Å²) < 4.78 is 1.45. The number of phenols is 1. The Labute approximate surface area is 231 Å². The number of benzene rings is 5. The number of aryl methyl sites for hydroxylation is 1. The summed E-state index contributed by atoms with van der Waals surface area (Å²) in [7, 11) is 0. The Morgan fingerprint density at radius 2 is 1.07 bits per heavy atom. The molecule has 0 amide bonds. The molecular formula is C32H26N6O2. The van der Waals surface area contributed by atoms with E-state index >= 15 is 0 Å². The molecule has 0 unspecified atom stereocenters. The third kappa shape index (κ3) is 6.08. The van der Waals surface area contributed by atoms with E-state index in [0.29, 0.717) is 17.1 Å². The minimum absolute atomic E-state index is 0.0154. The first kappa shape index (κ1) is 26.0. The van der Waals surface area contributed by atoms with Gasteiger partial charge in [-0.25, -0.2) is 0 Å². The quantitative estimate of drug-likeness (QED) is 0.218. The van der Waals surface area contributed by atoms with Crippen LogP contribution >= 0.6 is 0 Å². The molecule has 0 saturated heterocycles. The largest absolute Gasteiger partial charge is 0.506 e. The lowest BCUT2D eigenvalue weighted by Crippen LogP contribution is -1.94. The number of fused-ring (bicyclic) bond motifs is 1. The number of hydrogen-bond acceptors (Lipinski definition) is 7. The number of aromatic hydroxyl groups is 2. The first-order valence-corrected chi connectivity index (χ1v) is 12.6. The van der Waals surface area contributed by atoms with Crippen LogP contribution in [-0.4, -0.2) is 20.0 Å². The molecule has 0 aliphatic carbocycles. The number of azo groups is 2. The molecule has 40 heavy (non-hydrogen) atoms. The third-order valence-electron chi connectivity index (χ3n) is 5.93. The van der Waals surface area contributed by atoms with E-state index in [2.05, 4.69) is 25.6 Å². The summed E-state index contributed by atoms with van der Waals surface area (Å²) in [5, 5.41) is 43.0. The molecule has 5 aromatic carbocycles. The van der Waals surface area contributed by atoms with Crippen molar-refractivity contribution in [3.8, 4) is 17.3 Å². The number of hydrogen-bond donors (Lipinski definition) is 2. The minimum atomic E-state index is -0.0154. The van der Waals surface area contributed by atoms with Gasteiger partial charge >= 0.3 is 0 Å². The molecule has 0 aliphatic rings. The molecule has 0 radical (unpaired) electrons. The first-order chi connectivity index (χ1) is 19.6. The summed E-state index contributed by atoms with van der Waals surface area (Å²) in [5.41, 5.74) is 3.76. The molecule has 1 heterocycles. The maximum absolute atomic E-state index is 10.3. The zero-order chi connectivity index (χ0) is 27.7. The molecule has 0 spiro atoms. The fourth-order valence-corrected chi connectivity index (χ4v) is 3.93. The number of rotatable bonds is 5. The normalized spacial score (nSPS) is 11.1. The lowest BCUT2D eigenvalue weighted by Gasteiger charge is -2.03. The van der Waals surface area contributed by atoms with E-state index in [4.69, 9.17) is 0 Å². The highest BCUT2D eigenvalue weighted by Crippen LogP contribution is 2.36. The van der Waals surface area contributed by atoms with E-state index in [-0.39, 0.29) is 11.6 Å². The minimum Gasteiger partial charge on any atom is -0.506 e. The van der Waals surface area contributed by atoms with Gasteiger partial charge in [-0.05, 0) is 54.8 Å². The summed E-state index contributed by atoms with van der Waals surface area (Å²) in [6.45, 7) is 1.79. The second-order valence-corrected chi connectivity index (χ2v) is 8.73. The Hall–Kier alpha value is -5.63. The summed E-state index contributed by atoms with van der Waals surface area (Å²) in [6, 6.07) is 39.5. The van der Waals surface area contributed by atoms with Crippen molar-refractivity contribution >= 4 is 33.5 Å². The van der Waals surface area contributed by atoms with Gasteiger partial charge in [-0.15, -0.1) is 10.2 Å². The highest BCUT2D eigenvalue weighted by atomic mass is 16.3. The van der Waals surface area contributed by atoms with Gasteiger partial charge in [0.05, 0.1) is 22.8 Å². The van der Waals surface area contributed by atoms with Gasteiger partial charge in [-0.3, -0.25) is 0 Å². The Balaban J connectivity index is 0.000000162. The zero-order valence-corrected chi connectivity index (χ0v) is 21.7. The summed E-state index contributed by atoms with van der Waals surface area (Å²) in [6.07, 6.45) is 0. The average Bonchev–Trinajstić information content (AvgIpc) is 3.30. The molecule has 1 aromatic heterocycles. The highest BCUT2D eigenvalue weighted by molar-refractivity contribution is 5.95. The van der Waals surface area contributed by atoms with Gasteiger partial charge in [0.1, 0.15) is 11.4 Å². The van der Waals surface area contributed by atoms with Gasteiger partial charge in [0.15, 0.2) is 5.69 Å². The molecule has 6 rings (SSSR count). The Morgan fingerprint density at radius 3 is 1.70 bits per heavy atom. The molecule has 0 bridgehead atoms. The van der Waals surface area contributed by atoms with Crippen molar-refractivity contribution < 1.29 is 10.2 Å². The lowest BCUT2D eigenvalue weighted by molar-refractivity contribution is 0.434. The molecule has 0 saturated carbocycles. The predicted molar refractivity (Wildman–Crippen MR) is 157 cm³/mol. The molecule has 0 aliphatic heterocycles. The van der Waals surface area contributed by atoms with E-state index in [1.807, 2.05) is 121 Å². The topological polar surface area (TPSA) is 108 Å². The molecule has 0 atom stereocenters. The molecule has 8 heteroatoms. The molecule has 6 aromatic rings. The van der Waals surface area contributed by atoms with E-state index in [0.717, 1.165) is 27.8 Å². The third-order valence-corrected chi connectivity index (χ3v) is 5.93. The van der Waals surface area contributed by atoms with E-state index in [9.17, 15) is 10.2 Å². The number of aromatic nitrogens is 2. The Bertz CT molecular complexity index is 1770. The van der Waals surface area contributed by atoms with Gasteiger partial charge in [0.25, 0.3) is 0 Å². The average molecular weight is 527 g/mol. The second-order valence-electron chi connectivity index (χ2n) is 8.73. The van der Waals surface area contributed by atoms with Gasteiger partial charge in [-0.1, -0.05) is 84.9 Å². The maximum Gasteiger partial charge on any atom is 0.243 e. The smallest absolute Gasteiger partial charge is 0.243 e. The standard InChI is InChI=1S/C16H14N4O.C16H12N2O/c1-12-15(18-17-13-8-4-2-5-9-13)16(21)20(19-12)14-10-6-3-7-11-14;19-15-11-10-12-6-4-5-9-14(12)16(15)18-17-13-7-2-1-3-8-13/h2-11,21H,1H3;1-11,19H/b2*18-17+. The van der Waals surface area contributed by atoms with Crippen molar-refractivity contribution in [1.29, 1.82) is 0 Å². The second kappa shape index (κ2) is 12.3. The van der Waals surface area contributed by atoms with Crippen LogP contribution in [0.3, 0.4) is 0 Å². The monoisotopic (exact) mass is 526 g/mol. The van der Waals surface area contributed by atoms with Crippen molar-refractivity contribution in [1.82, 2.24) is 9.78 Å². The number of para-hydroxylation sites is 1. The van der Waals surface area contributed by atoms with Gasteiger partial charge in [0, 0.05) is 5.39 Å². The molecule has 8 nitrogen and oxygen atoms in total. The van der Waals surface area contributed by atoms with Gasteiger partial charge in [0.2, 0.25) is 5.88 Å². The van der Waals surface area contributed by atoms with Crippen LogP contribution in [0.2, 0.25) is 0 Å². The fourth-order valence-electron chi connectivity index (χ4n) is 3.93. The lowest BCUT2D eigenvalue weighted by atomic mass is 10.1. The Kier molecular flexibility index (Phi) is 7.98. The molecular weight excluding hydrogens is 500 g/mol. The fraction of sp³-hybridized carbons (Fsp3) is 0.0312. The van der Waals surface area contributed by atoms with Crippen LogP contribution in [0.25, 0.3) is 16.5 Å². The zero-order valence-electron chi connectivity index (χ0n) is 21.7. The number of phenolic OH excluding ortho intramolecular Hbond substituents is 1. The van der Waals surface area contributed by atoms with E-state index < -0.39 is 0 Å². The first-order valence-electron chi connectivity index (χ1n) is 12.6. The van der Waals surface area contributed by atoms with Crippen LogP contribution in [0, 0.1) is 6.92 Å². The van der Waals surface area contributed by atoms with Crippen molar-refractivity contribution in [2.45, 2.75) is 6.92 Å². The van der Waals surface area contributed by atoms with Crippen LogP contribution in [0.15, 0.2) is 148 Å². The maximum atomic E-state index is 10.3. The van der Waals surface area contributed by atoms with Crippen molar-refractivity contribution in [2.24, 2.45) is 20.5 Å². The van der Waals surface area contributed by atoms with Crippen molar-refractivity contribution in [3.63, 3.8) is 0 Å². The summed E-state index contributed by atoms with van der Waals surface area (Å²) >= 11 is 0. The van der Waals surface area contributed by atoms with Crippen LogP contribution in [0.1, 0.15) is 5.69 Å². The van der Waals surface area contributed by atoms with Crippen LogP contribution < -0.4 is 0 Å². The van der Waals surface area contributed by atoms with Crippen LogP contribution in [-0.2, 0) is 0 Å². The highest BCUT2D eigenvalue weighted by Gasteiger charge is 2.15. The van der Waals surface area contributed by atoms with Crippen LogP contribution in [0.4, 0.5) is 22.7 Å². The van der Waals surface area contributed by atoms with Gasteiger partial charge in [-0.2, -0.15) is 20.0 Å². The van der Waals surface area contributed by atoms with Gasteiger partial charge < -0.3 is 10.2 Å². The van der Waals surface area contributed by atoms with Crippen molar-refractivity contribution in [3.05, 3.63) is 133 Å². The SMILES string of the molecule is Cc1nn(-c2ccccc2)c(O)c1/N=N/c1ccccc1.Oc1ccc2ccccc2c1/N=N/c1ccccc1. The van der Waals surface area contributed by atoms with Crippen LogP contribution in [0.5, 0.6) is 11.6 Å². The number of nitrogens with zero attached hydrogens (tertiary/aromatic N) is 6. The van der Waals surface area contributed by atoms with E-state index in [1.165, 1.54) is 4.68 Å². The molecule has 2 N–H and O–H groups in total. The van der Waals surface area contributed by atoms with Crippen molar-refractivity contribution in [2.75, 3.05) is 0 Å². The predicted octanol–water partition coefficient (Wildman–Crippen LogP) is 9.26. The molecule has 196 valence electrons. The van der Waals surface area contributed by atoms with E-state index in [1.54, 1.807) is 13.0 Å². The Morgan fingerprint density at radius 1 is 0.550 bits per heavy atom. The summed E-state index contributed by atoms with van der Waals surface area (Å²) in [5.74, 6) is 0.122. The summed E-state index contributed by atoms with van der Waals surface area (Å²) in [4.78, 5) is 0. The molecule has 0 fully saturated rings.